The number of nitrogens with one attached hydrogen (secondary N) is 1. The van der Waals surface area contributed by atoms with E-state index in [-0.39, 0.29) is 0 Å². The van der Waals surface area contributed by atoms with Crippen LogP contribution < -0.4 is 5.32 Å². The second-order valence-electron chi connectivity index (χ2n) is 6.96. The number of nitrogens with zero attached hydrogens (tertiary/aromatic N) is 5. The van der Waals surface area contributed by atoms with Crippen LogP contribution in [0, 0.1) is 0 Å². The molecular weight excluding hydrogens is 320 g/mol. The monoisotopic (exact) mass is 344 g/mol. The Kier molecular flexibility index (Phi) is 4.54. The van der Waals surface area contributed by atoms with Crippen molar-refractivity contribution in [1.29, 1.82) is 0 Å². The average molecular weight is 344 g/mol. The summed E-state index contributed by atoms with van der Waals surface area (Å²) in [5.41, 5.74) is 0. The molecule has 0 unspecified atom stereocenters. The third-order valence-corrected chi connectivity index (χ3v) is 5.60. The van der Waals surface area contributed by atoms with E-state index >= 15 is 0 Å². The van der Waals surface area contributed by atoms with Gasteiger partial charge < -0.3 is 9.88 Å². The predicted molar refractivity (Wildman–Crippen MR) is 93.4 cm³/mol. The quantitative estimate of drug-likeness (QED) is 0.841. The van der Waals surface area contributed by atoms with E-state index in [0.717, 1.165) is 47.8 Å². The molecule has 2 aliphatic rings. The Morgan fingerprint density at radius 2 is 1.92 bits per heavy atom. The average Bonchev–Trinajstić information content (AvgIpc) is 3.37. The molecule has 0 bridgehead atoms. The molecule has 4 rings (SSSR count). The first kappa shape index (κ1) is 16.0. The van der Waals surface area contributed by atoms with Gasteiger partial charge in [0.15, 0.2) is 5.16 Å². The lowest BCUT2D eigenvalue weighted by molar-refractivity contribution is 0.412. The minimum atomic E-state index is 0.345. The van der Waals surface area contributed by atoms with Gasteiger partial charge in [-0.05, 0) is 70.4 Å². The Balaban J connectivity index is 1.60. The largest absolute Gasteiger partial charge is 0.317 e. The van der Waals surface area contributed by atoms with Crippen molar-refractivity contribution in [3.8, 4) is 0 Å². The number of aromatic nitrogens is 5. The number of hydrogen-bond acceptors (Lipinski definition) is 6. The van der Waals surface area contributed by atoms with Gasteiger partial charge in [-0.1, -0.05) is 0 Å². The van der Waals surface area contributed by atoms with Crippen molar-refractivity contribution in [2.75, 3.05) is 13.1 Å². The number of rotatable bonds is 5. The summed E-state index contributed by atoms with van der Waals surface area (Å²) in [6, 6.07) is 2.32. The lowest BCUT2D eigenvalue weighted by Gasteiger charge is -2.24. The van der Waals surface area contributed by atoms with Gasteiger partial charge >= 0.3 is 0 Å². The summed E-state index contributed by atoms with van der Waals surface area (Å²) >= 11 is 1.61. The molecule has 0 amide bonds. The third kappa shape index (κ3) is 3.32. The maximum absolute atomic E-state index is 4.71. The minimum Gasteiger partial charge on any atom is -0.317 e. The maximum atomic E-state index is 4.71. The Bertz CT molecular complexity index is 703. The van der Waals surface area contributed by atoms with E-state index in [9.17, 15) is 0 Å². The number of hydrogen-bond donors (Lipinski definition) is 1. The summed E-state index contributed by atoms with van der Waals surface area (Å²) in [6.07, 6.45) is 6.57. The van der Waals surface area contributed by atoms with Crippen molar-refractivity contribution in [1.82, 2.24) is 30.0 Å². The van der Waals surface area contributed by atoms with Gasteiger partial charge in [-0.2, -0.15) is 0 Å². The van der Waals surface area contributed by atoms with Crippen LogP contribution in [-0.4, -0.2) is 37.8 Å². The van der Waals surface area contributed by atoms with Gasteiger partial charge in [-0.3, -0.25) is 0 Å². The topological polar surface area (TPSA) is 68.5 Å². The second-order valence-corrected chi connectivity index (χ2v) is 7.95. The van der Waals surface area contributed by atoms with Gasteiger partial charge in [0.05, 0.1) is 0 Å². The molecule has 1 aliphatic heterocycles. The zero-order valence-electron chi connectivity index (χ0n) is 14.3. The summed E-state index contributed by atoms with van der Waals surface area (Å²) in [5, 5.41) is 14.4. The molecule has 1 N–H and O–H groups in total. The van der Waals surface area contributed by atoms with Gasteiger partial charge in [0.1, 0.15) is 16.7 Å². The molecule has 24 heavy (non-hydrogen) atoms. The van der Waals surface area contributed by atoms with Crippen LogP contribution in [0.5, 0.6) is 0 Å². The lowest BCUT2D eigenvalue weighted by atomic mass is 9.97. The van der Waals surface area contributed by atoms with E-state index in [2.05, 4.69) is 38.9 Å². The summed E-state index contributed by atoms with van der Waals surface area (Å²) < 4.78 is 2.29. The SMILES string of the molecule is CC(C)n1c(Sc2ccnc(C3CC3)n2)nnc1C1CCNCC1. The molecule has 0 radical (unpaired) electrons. The normalized spacial score (nSPS) is 19.1. The van der Waals surface area contributed by atoms with E-state index in [0.29, 0.717) is 17.9 Å². The summed E-state index contributed by atoms with van der Waals surface area (Å²) in [4.78, 5) is 9.12. The molecular formula is C17H24N6S. The Morgan fingerprint density at radius 3 is 2.62 bits per heavy atom. The molecule has 6 nitrogen and oxygen atoms in total. The van der Waals surface area contributed by atoms with Crippen molar-refractivity contribution >= 4 is 11.8 Å². The molecule has 128 valence electrons. The molecule has 3 heterocycles. The second kappa shape index (κ2) is 6.80. The molecule has 1 saturated carbocycles. The first-order chi connectivity index (χ1) is 11.7. The standard InChI is InChI=1S/C17H24N6S/c1-11(2)23-16(13-5-8-18-9-6-13)21-22-17(23)24-14-7-10-19-15(20-14)12-3-4-12/h7,10-13,18H,3-6,8-9H2,1-2H3. The van der Waals surface area contributed by atoms with E-state index in [1.165, 1.54) is 12.8 Å². The molecule has 0 aromatic carbocycles. The lowest BCUT2D eigenvalue weighted by Crippen LogP contribution is -2.28. The van der Waals surface area contributed by atoms with Crippen LogP contribution in [-0.2, 0) is 0 Å². The van der Waals surface area contributed by atoms with Crippen molar-refractivity contribution in [3.05, 3.63) is 23.9 Å². The predicted octanol–water partition coefficient (Wildman–Crippen LogP) is 3.14. The fourth-order valence-electron chi connectivity index (χ4n) is 3.25. The van der Waals surface area contributed by atoms with Gasteiger partial charge in [-0.25, -0.2) is 9.97 Å². The zero-order chi connectivity index (χ0) is 16.5. The van der Waals surface area contributed by atoms with Crippen LogP contribution in [0.3, 0.4) is 0 Å². The smallest absolute Gasteiger partial charge is 0.197 e. The van der Waals surface area contributed by atoms with E-state index in [1.54, 1.807) is 11.8 Å². The van der Waals surface area contributed by atoms with Crippen molar-refractivity contribution < 1.29 is 0 Å². The highest BCUT2D eigenvalue weighted by Gasteiger charge is 2.28. The first-order valence-corrected chi connectivity index (χ1v) is 9.70. The van der Waals surface area contributed by atoms with Crippen molar-refractivity contribution in [3.63, 3.8) is 0 Å². The van der Waals surface area contributed by atoms with Crippen molar-refractivity contribution in [2.24, 2.45) is 0 Å². The van der Waals surface area contributed by atoms with E-state index in [1.807, 2.05) is 12.3 Å². The van der Waals surface area contributed by atoms with Gasteiger partial charge in [0.25, 0.3) is 0 Å². The molecule has 2 fully saturated rings. The van der Waals surface area contributed by atoms with E-state index in [4.69, 9.17) is 4.98 Å². The van der Waals surface area contributed by atoms with Crippen LogP contribution in [0.15, 0.2) is 22.4 Å². The molecule has 0 spiro atoms. The molecule has 1 aliphatic carbocycles. The van der Waals surface area contributed by atoms with Crippen molar-refractivity contribution in [2.45, 2.75) is 67.6 Å². The Hall–Kier alpha value is -1.47. The Morgan fingerprint density at radius 1 is 1.12 bits per heavy atom. The zero-order valence-corrected chi connectivity index (χ0v) is 15.1. The summed E-state index contributed by atoms with van der Waals surface area (Å²) in [7, 11) is 0. The third-order valence-electron chi connectivity index (χ3n) is 4.70. The molecule has 7 heteroatoms. The number of piperidine rings is 1. The van der Waals surface area contributed by atoms with Crippen LogP contribution in [0.25, 0.3) is 0 Å². The van der Waals surface area contributed by atoms with Gasteiger partial charge in [0, 0.05) is 24.1 Å². The maximum Gasteiger partial charge on any atom is 0.197 e. The molecule has 2 aromatic rings. The van der Waals surface area contributed by atoms with Gasteiger partial charge in [-0.15, -0.1) is 10.2 Å². The van der Waals surface area contributed by atoms with Crippen LogP contribution in [0.1, 0.15) is 69.1 Å². The van der Waals surface area contributed by atoms with E-state index < -0.39 is 0 Å². The minimum absolute atomic E-state index is 0.345. The highest BCUT2D eigenvalue weighted by molar-refractivity contribution is 7.99. The fourth-order valence-corrected chi connectivity index (χ4v) is 4.19. The van der Waals surface area contributed by atoms with Crippen LogP contribution >= 0.6 is 11.8 Å². The molecule has 0 atom stereocenters. The summed E-state index contributed by atoms with van der Waals surface area (Å²) in [6.45, 7) is 6.53. The van der Waals surface area contributed by atoms with Gasteiger partial charge in [0.2, 0.25) is 0 Å². The van der Waals surface area contributed by atoms with Crippen LogP contribution in [0.4, 0.5) is 0 Å². The summed E-state index contributed by atoms with van der Waals surface area (Å²) in [5.74, 6) is 3.18. The molecule has 1 saturated heterocycles. The molecule has 2 aromatic heterocycles. The highest BCUT2D eigenvalue weighted by atomic mass is 32.2. The van der Waals surface area contributed by atoms with Crippen LogP contribution in [0.2, 0.25) is 0 Å². The first-order valence-electron chi connectivity index (χ1n) is 8.88. The fraction of sp³-hybridized carbons (Fsp3) is 0.647. The Labute approximate surface area is 146 Å². The highest BCUT2D eigenvalue weighted by Crippen LogP contribution is 2.39.